The number of para-hydroxylation sites is 1. The molecule has 2 N–H and O–H groups in total. The summed E-state index contributed by atoms with van der Waals surface area (Å²) in [7, 11) is 0. The van der Waals surface area contributed by atoms with E-state index < -0.39 is 5.60 Å². The summed E-state index contributed by atoms with van der Waals surface area (Å²) in [6, 6.07) is 15.4. The van der Waals surface area contributed by atoms with Crippen LogP contribution in [0.15, 0.2) is 48.5 Å². The second-order valence-electron chi connectivity index (χ2n) is 7.75. The molecule has 0 atom stereocenters. The minimum atomic E-state index is -0.764. The number of aromatic nitrogens is 3. The third-order valence-electron chi connectivity index (χ3n) is 5.58. The third kappa shape index (κ3) is 4.22. The molecule has 0 saturated heterocycles. The fraction of sp³-hybridized carbons (Fsp3) is 0.409. The first-order valence-electron chi connectivity index (χ1n) is 10.0. The van der Waals surface area contributed by atoms with Crippen molar-refractivity contribution in [3.8, 4) is 0 Å². The minimum Gasteiger partial charge on any atom is -0.388 e. The third-order valence-corrected chi connectivity index (χ3v) is 5.58. The zero-order valence-electron chi connectivity index (χ0n) is 16.0. The highest BCUT2D eigenvalue weighted by Crippen LogP contribution is 2.26. The molecule has 0 unspecified atom stereocenters. The highest BCUT2D eigenvalue weighted by Gasteiger charge is 2.28. The largest absolute Gasteiger partial charge is 0.388 e. The maximum absolute atomic E-state index is 12.5. The highest BCUT2D eigenvalue weighted by atomic mass is 16.3. The molecular weight excluding hydrogens is 352 g/mol. The Morgan fingerprint density at radius 3 is 2.50 bits per heavy atom. The van der Waals surface area contributed by atoms with E-state index in [2.05, 4.69) is 15.6 Å². The van der Waals surface area contributed by atoms with E-state index >= 15 is 0 Å². The molecule has 1 amide bonds. The normalized spacial score (nSPS) is 16.6. The van der Waals surface area contributed by atoms with Gasteiger partial charge in [-0.3, -0.25) is 4.79 Å². The number of nitrogens with zero attached hydrogens (tertiary/aromatic N) is 3. The number of carbonyl (C=O) groups is 1. The zero-order chi connectivity index (χ0) is 19.4. The number of hydrogen-bond donors (Lipinski definition) is 2. The molecule has 4 rings (SSSR count). The number of amides is 1. The van der Waals surface area contributed by atoms with Gasteiger partial charge in [0.2, 0.25) is 0 Å². The highest BCUT2D eigenvalue weighted by molar-refractivity contribution is 5.94. The van der Waals surface area contributed by atoms with Gasteiger partial charge in [-0.15, -0.1) is 5.10 Å². The van der Waals surface area contributed by atoms with Crippen LogP contribution < -0.4 is 5.32 Å². The molecular formula is C22H26N4O2. The van der Waals surface area contributed by atoms with Crippen LogP contribution in [0.25, 0.3) is 11.0 Å². The first kappa shape index (κ1) is 18.6. The van der Waals surface area contributed by atoms with Gasteiger partial charge in [-0.2, -0.15) is 0 Å². The molecule has 3 aromatic rings. The molecule has 0 radical (unpaired) electrons. The zero-order valence-corrected chi connectivity index (χ0v) is 16.0. The summed E-state index contributed by atoms with van der Waals surface area (Å²) < 4.78 is 1.85. The molecule has 6 nitrogen and oxygen atoms in total. The first-order chi connectivity index (χ1) is 13.6. The number of benzene rings is 2. The van der Waals surface area contributed by atoms with Gasteiger partial charge in [0.25, 0.3) is 5.91 Å². The number of nitrogens with one attached hydrogen (secondary N) is 1. The first-order valence-corrected chi connectivity index (χ1v) is 10.0. The van der Waals surface area contributed by atoms with Crippen LogP contribution in [0.3, 0.4) is 0 Å². The SMILES string of the molecule is O=C(NCC1(O)CCCCCC1)c1ccc(Cn2nnc3ccccc32)cc1. The molecule has 2 aromatic carbocycles. The summed E-state index contributed by atoms with van der Waals surface area (Å²) in [4.78, 5) is 12.5. The van der Waals surface area contributed by atoms with Crippen molar-refractivity contribution in [3.05, 3.63) is 59.7 Å². The van der Waals surface area contributed by atoms with Gasteiger partial charge in [-0.1, -0.05) is 55.2 Å². The van der Waals surface area contributed by atoms with Crippen LogP contribution in [0.4, 0.5) is 0 Å². The Balaban J connectivity index is 1.38. The smallest absolute Gasteiger partial charge is 0.251 e. The molecule has 1 fully saturated rings. The molecule has 146 valence electrons. The molecule has 1 heterocycles. The van der Waals surface area contributed by atoms with Crippen LogP contribution >= 0.6 is 0 Å². The quantitative estimate of drug-likeness (QED) is 0.668. The van der Waals surface area contributed by atoms with Gasteiger partial charge in [0.1, 0.15) is 5.52 Å². The van der Waals surface area contributed by atoms with Gasteiger partial charge in [-0.25, -0.2) is 4.68 Å². The predicted octanol–water partition coefficient (Wildman–Crippen LogP) is 3.29. The molecule has 1 aliphatic rings. The Labute approximate surface area is 164 Å². The summed E-state index contributed by atoms with van der Waals surface area (Å²) in [5.74, 6) is -0.143. The van der Waals surface area contributed by atoms with Crippen molar-refractivity contribution in [1.29, 1.82) is 0 Å². The van der Waals surface area contributed by atoms with Crippen LogP contribution in [0, 0.1) is 0 Å². The lowest BCUT2D eigenvalue weighted by Gasteiger charge is -2.26. The number of hydrogen-bond acceptors (Lipinski definition) is 4. The van der Waals surface area contributed by atoms with E-state index in [4.69, 9.17) is 0 Å². The number of carbonyl (C=O) groups excluding carboxylic acids is 1. The van der Waals surface area contributed by atoms with Gasteiger partial charge < -0.3 is 10.4 Å². The summed E-state index contributed by atoms with van der Waals surface area (Å²) >= 11 is 0. The lowest BCUT2D eigenvalue weighted by molar-refractivity contribution is 0.0246. The fourth-order valence-corrected chi connectivity index (χ4v) is 3.88. The van der Waals surface area contributed by atoms with Crippen LogP contribution in [0.2, 0.25) is 0 Å². The van der Waals surface area contributed by atoms with Gasteiger partial charge in [-0.05, 0) is 42.7 Å². The molecule has 1 aromatic heterocycles. The van der Waals surface area contributed by atoms with Crippen LogP contribution in [0.1, 0.15) is 54.4 Å². The molecule has 0 spiro atoms. The van der Waals surface area contributed by atoms with E-state index in [1.54, 1.807) is 0 Å². The van der Waals surface area contributed by atoms with Crippen molar-refractivity contribution in [2.24, 2.45) is 0 Å². The van der Waals surface area contributed by atoms with E-state index in [-0.39, 0.29) is 5.91 Å². The molecule has 1 saturated carbocycles. The van der Waals surface area contributed by atoms with E-state index in [1.165, 1.54) is 12.8 Å². The average molecular weight is 378 g/mol. The predicted molar refractivity (Wildman–Crippen MR) is 108 cm³/mol. The summed E-state index contributed by atoms with van der Waals surface area (Å²) in [5.41, 5.74) is 2.75. The van der Waals surface area contributed by atoms with Crippen molar-refractivity contribution in [1.82, 2.24) is 20.3 Å². The Hall–Kier alpha value is -2.73. The average Bonchev–Trinajstić information content (AvgIpc) is 2.99. The molecule has 28 heavy (non-hydrogen) atoms. The Morgan fingerprint density at radius 2 is 1.75 bits per heavy atom. The summed E-state index contributed by atoms with van der Waals surface area (Å²) in [6.07, 6.45) is 5.91. The molecule has 1 aliphatic carbocycles. The van der Waals surface area contributed by atoms with Gasteiger partial charge in [0.05, 0.1) is 17.7 Å². The summed E-state index contributed by atoms with van der Waals surface area (Å²) in [5, 5.41) is 22.0. The summed E-state index contributed by atoms with van der Waals surface area (Å²) in [6.45, 7) is 0.917. The van der Waals surface area contributed by atoms with Crippen LogP contribution in [-0.2, 0) is 6.54 Å². The number of aliphatic hydroxyl groups is 1. The monoisotopic (exact) mass is 378 g/mol. The van der Waals surface area contributed by atoms with Crippen molar-refractivity contribution in [3.63, 3.8) is 0 Å². The Bertz CT molecular complexity index is 941. The molecule has 0 bridgehead atoms. The maximum Gasteiger partial charge on any atom is 0.251 e. The standard InChI is InChI=1S/C22H26N4O2/c27-21(23-16-22(28)13-5-1-2-6-14-22)18-11-9-17(10-12-18)15-26-20-8-4-3-7-19(20)24-25-26/h3-4,7-12,28H,1-2,5-6,13-16H2,(H,23,27). The van der Waals surface area contributed by atoms with E-state index in [0.717, 1.165) is 42.3 Å². The molecule has 0 aliphatic heterocycles. The lowest BCUT2D eigenvalue weighted by atomic mass is 9.94. The van der Waals surface area contributed by atoms with Gasteiger partial charge in [0.15, 0.2) is 0 Å². The van der Waals surface area contributed by atoms with Crippen LogP contribution in [-0.4, -0.2) is 38.2 Å². The van der Waals surface area contributed by atoms with Crippen LogP contribution in [0.5, 0.6) is 0 Å². The Kier molecular flexibility index (Phi) is 5.39. The van der Waals surface area contributed by atoms with E-state index in [9.17, 15) is 9.90 Å². The lowest BCUT2D eigenvalue weighted by Crippen LogP contribution is -2.42. The van der Waals surface area contributed by atoms with Gasteiger partial charge >= 0.3 is 0 Å². The fourth-order valence-electron chi connectivity index (χ4n) is 3.88. The Morgan fingerprint density at radius 1 is 1.04 bits per heavy atom. The maximum atomic E-state index is 12.5. The second-order valence-corrected chi connectivity index (χ2v) is 7.75. The molecule has 6 heteroatoms. The van der Waals surface area contributed by atoms with Gasteiger partial charge in [0, 0.05) is 12.1 Å². The minimum absolute atomic E-state index is 0.143. The van der Waals surface area contributed by atoms with Crippen molar-refractivity contribution in [2.75, 3.05) is 6.54 Å². The number of rotatable bonds is 5. The van der Waals surface area contributed by atoms with Crippen molar-refractivity contribution >= 4 is 16.9 Å². The van der Waals surface area contributed by atoms with Crippen molar-refractivity contribution < 1.29 is 9.90 Å². The second kappa shape index (κ2) is 8.10. The van der Waals surface area contributed by atoms with E-state index in [1.807, 2.05) is 53.2 Å². The number of fused-ring (bicyclic) bond motifs is 1. The van der Waals surface area contributed by atoms with E-state index in [0.29, 0.717) is 18.7 Å². The topological polar surface area (TPSA) is 80.0 Å². The van der Waals surface area contributed by atoms with Crippen molar-refractivity contribution in [2.45, 2.75) is 50.7 Å².